The Morgan fingerprint density at radius 3 is 1.67 bits per heavy atom. The van der Waals surface area contributed by atoms with E-state index in [4.69, 9.17) is 0 Å². The molecule has 0 spiro atoms. The minimum Gasteiger partial charge on any atom is -0.114 e. The largest absolute Gasteiger partial charge is 0.114 e. The molecule has 0 heterocycles. The summed E-state index contributed by atoms with van der Waals surface area (Å²) in [6.45, 7) is 8.22. The summed E-state index contributed by atoms with van der Waals surface area (Å²) in [6, 6.07) is 0. The SMILES string of the molecule is Br.[CH2]CC(Br)(CC)CC. The minimum absolute atomic E-state index is 0. The van der Waals surface area contributed by atoms with Gasteiger partial charge in [0.1, 0.15) is 0 Å². The summed E-state index contributed by atoms with van der Waals surface area (Å²) in [4.78, 5) is 0. The van der Waals surface area contributed by atoms with Crippen LogP contribution in [0.15, 0.2) is 0 Å². The van der Waals surface area contributed by atoms with Crippen LogP contribution in [0.25, 0.3) is 0 Å². The molecule has 0 aliphatic carbocycles. The number of rotatable bonds is 3. The number of hydrogen-bond acceptors (Lipinski definition) is 0. The van der Waals surface area contributed by atoms with Gasteiger partial charge in [0.2, 0.25) is 0 Å². The second kappa shape index (κ2) is 5.72. The van der Waals surface area contributed by atoms with E-state index in [0.717, 1.165) is 6.42 Å². The quantitative estimate of drug-likeness (QED) is 0.677. The van der Waals surface area contributed by atoms with Gasteiger partial charge in [-0.15, -0.1) is 17.0 Å². The third-order valence-corrected chi connectivity index (χ3v) is 3.23. The molecule has 0 saturated heterocycles. The lowest BCUT2D eigenvalue weighted by atomic mass is 10.0. The van der Waals surface area contributed by atoms with Gasteiger partial charge < -0.3 is 0 Å². The first kappa shape index (κ1) is 12.6. The van der Waals surface area contributed by atoms with Gasteiger partial charge in [-0.25, -0.2) is 0 Å². The number of alkyl halides is 1. The zero-order chi connectivity index (χ0) is 6.62. The fraction of sp³-hybridized carbons (Fsp3) is 0.857. The Kier molecular flexibility index (Phi) is 8.02. The van der Waals surface area contributed by atoms with Crippen LogP contribution < -0.4 is 0 Å². The van der Waals surface area contributed by atoms with Crippen molar-refractivity contribution in [2.75, 3.05) is 0 Å². The van der Waals surface area contributed by atoms with Crippen molar-refractivity contribution in [3.05, 3.63) is 6.92 Å². The van der Waals surface area contributed by atoms with Gasteiger partial charge in [-0.3, -0.25) is 0 Å². The molecule has 0 aromatic rings. The average molecular weight is 259 g/mol. The molecule has 0 saturated carbocycles. The Hall–Kier alpha value is 0.960. The van der Waals surface area contributed by atoms with Crippen molar-refractivity contribution in [3.8, 4) is 0 Å². The van der Waals surface area contributed by atoms with Gasteiger partial charge in [-0.05, 0) is 19.3 Å². The van der Waals surface area contributed by atoms with Crippen molar-refractivity contribution in [2.45, 2.75) is 37.4 Å². The third kappa shape index (κ3) is 4.38. The molecule has 9 heavy (non-hydrogen) atoms. The molecule has 0 nitrogen and oxygen atoms in total. The molecule has 0 amide bonds. The predicted octanol–water partition coefficient (Wildman–Crippen LogP) is 3.74. The van der Waals surface area contributed by atoms with Crippen molar-refractivity contribution in [3.63, 3.8) is 0 Å². The summed E-state index contributed by atoms with van der Waals surface area (Å²) in [5.74, 6) is 0. The Morgan fingerprint density at radius 2 is 1.67 bits per heavy atom. The van der Waals surface area contributed by atoms with Crippen molar-refractivity contribution >= 4 is 32.9 Å². The Bertz CT molecular complexity index is 49.7. The second-order valence-electron chi connectivity index (χ2n) is 2.11. The van der Waals surface area contributed by atoms with Crippen LogP contribution in [-0.2, 0) is 0 Å². The summed E-state index contributed by atoms with van der Waals surface area (Å²) in [5, 5.41) is 0. The molecular weight excluding hydrogens is 244 g/mol. The van der Waals surface area contributed by atoms with E-state index in [2.05, 4.69) is 36.7 Å². The van der Waals surface area contributed by atoms with Crippen molar-refractivity contribution in [1.29, 1.82) is 0 Å². The molecule has 0 fully saturated rings. The van der Waals surface area contributed by atoms with Crippen LogP contribution >= 0.6 is 32.9 Å². The first-order chi connectivity index (χ1) is 3.68. The average Bonchev–Trinajstić information content (AvgIpc) is 1.87. The molecule has 2 heteroatoms. The van der Waals surface area contributed by atoms with Crippen LogP contribution in [0.1, 0.15) is 33.1 Å². The molecule has 0 aliphatic rings. The van der Waals surface area contributed by atoms with Crippen LogP contribution in [0.5, 0.6) is 0 Å². The van der Waals surface area contributed by atoms with Gasteiger partial charge in [-0.2, -0.15) is 0 Å². The van der Waals surface area contributed by atoms with E-state index in [-0.39, 0.29) is 17.0 Å². The topological polar surface area (TPSA) is 0 Å². The zero-order valence-corrected chi connectivity index (χ0v) is 9.41. The normalized spacial score (nSPS) is 10.7. The fourth-order valence-electron chi connectivity index (χ4n) is 0.604. The molecule has 0 atom stereocenters. The summed E-state index contributed by atoms with van der Waals surface area (Å²) >= 11 is 3.62. The predicted molar refractivity (Wildman–Crippen MR) is 52.5 cm³/mol. The monoisotopic (exact) mass is 257 g/mol. The summed E-state index contributed by atoms with van der Waals surface area (Å²) < 4.78 is 0.326. The van der Waals surface area contributed by atoms with Gasteiger partial charge in [0.15, 0.2) is 0 Å². The van der Waals surface area contributed by atoms with E-state index in [1.807, 2.05) is 0 Å². The highest BCUT2D eigenvalue weighted by atomic mass is 79.9. The highest BCUT2D eigenvalue weighted by Gasteiger charge is 2.17. The number of halogens is 2. The minimum atomic E-state index is 0. The molecule has 0 aromatic heterocycles. The van der Waals surface area contributed by atoms with E-state index < -0.39 is 0 Å². The van der Waals surface area contributed by atoms with Crippen molar-refractivity contribution in [2.24, 2.45) is 0 Å². The Labute approximate surface area is 77.3 Å². The fourth-order valence-corrected chi connectivity index (χ4v) is 0.604. The molecule has 0 unspecified atom stereocenters. The Balaban J connectivity index is 0. The maximum Gasteiger partial charge on any atom is 0.0252 e. The van der Waals surface area contributed by atoms with Gasteiger partial charge in [0, 0.05) is 4.32 Å². The van der Waals surface area contributed by atoms with Crippen molar-refractivity contribution < 1.29 is 0 Å². The van der Waals surface area contributed by atoms with E-state index in [0.29, 0.717) is 4.32 Å². The first-order valence-electron chi connectivity index (χ1n) is 3.16. The third-order valence-electron chi connectivity index (χ3n) is 1.72. The maximum atomic E-state index is 3.85. The van der Waals surface area contributed by atoms with Crippen LogP contribution in [0.2, 0.25) is 0 Å². The molecule has 0 N–H and O–H groups in total. The lowest BCUT2D eigenvalue weighted by molar-refractivity contribution is 0.566. The second-order valence-corrected chi connectivity index (χ2v) is 3.79. The standard InChI is InChI=1S/C7H14Br.BrH/c1-4-7(8,5-2)6-3;/h1,4-6H2,2-3H3;1H. The van der Waals surface area contributed by atoms with E-state index in [9.17, 15) is 0 Å². The van der Waals surface area contributed by atoms with Crippen LogP contribution in [0.4, 0.5) is 0 Å². The van der Waals surface area contributed by atoms with E-state index in [1.165, 1.54) is 12.8 Å². The molecule has 1 radical (unpaired) electrons. The molecular formula is C7H15Br2. The molecule has 0 rings (SSSR count). The molecule has 57 valence electrons. The van der Waals surface area contributed by atoms with Crippen LogP contribution in [0.3, 0.4) is 0 Å². The zero-order valence-electron chi connectivity index (χ0n) is 6.11. The van der Waals surface area contributed by atoms with Crippen molar-refractivity contribution in [1.82, 2.24) is 0 Å². The number of hydrogen-bond donors (Lipinski definition) is 0. The van der Waals surface area contributed by atoms with E-state index >= 15 is 0 Å². The van der Waals surface area contributed by atoms with Gasteiger partial charge in [-0.1, -0.05) is 36.7 Å². The van der Waals surface area contributed by atoms with Crippen LogP contribution in [-0.4, -0.2) is 4.32 Å². The molecule has 0 aliphatic heterocycles. The van der Waals surface area contributed by atoms with Gasteiger partial charge in [0.05, 0.1) is 0 Å². The Morgan fingerprint density at radius 1 is 1.33 bits per heavy atom. The summed E-state index contributed by atoms with van der Waals surface area (Å²) in [5.41, 5.74) is 0. The lowest BCUT2D eigenvalue weighted by Crippen LogP contribution is -2.15. The lowest BCUT2D eigenvalue weighted by Gasteiger charge is -2.21. The highest BCUT2D eigenvalue weighted by Crippen LogP contribution is 2.29. The van der Waals surface area contributed by atoms with Crippen LogP contribution in [0, 0.1) is 6.92 Å². The van der Waals surface area contributed by atoms with Gasteiger partial charge in [0.25, 0.3) is 0 Å². The van der Waals surface area contributed by atoms with E-state index in [1.54, 1.807) is 0 Å². The first-order valence-corrected chi connectivity index (χ1v) is 3.96. The summed E-state index contributed by atoms with van der Waals surface area (Å²) in [7, 11) is 0. The maximum absolute atomic E-state index is 3.85. The molecule has 0 aromatic carbocycles. The summed E-state index contributed by atoms with van der Waals surface area (Å²) in [6.07, 6.45) is 3.33. The smallest absolute Gasteiger partial charge is 0.0252 e. The molecule has 0 bridgehead atoms. The van der Waals surface area contributed by atoms with Gasteiger partial charge >= 0.3 is 0 Å². The highest BCUT2D eigenvalue weighted by molar-refractivity contribution is 9.10.